The lowest BCUT2D eigenvalue weighted by molar-refractivity contribution is -0.122. The van der Waals surface area contributed by atoms with Crippen LogP contribution < -0.4 is 19.7 Å². The van der Waals surface area contributed by atoms with E-state index in [0.717, 1.165) is 29.7 Å². The Balaban J connectivity index is 1.82. The Kier molecular flexibility index (Phi) is 6.42. The molecule has 0 bridgehead atoms. The van der Waals surface area contributed by atoms with Crippen LogP contribution in [0.25, 0.3) is 0 Å². The van der Waals surface area contributed by atoms with E-state index in [0.29, 0.717) is 23.7 Å². The van der Waals surface area contributed by atoms with E-state index >= 15 is 0 Å². The minimum Gasteiger partial charge on any atom is -0.497 e. The van der Waals surface area contributed by atoms with E-state index in [4.69, 9.17) is 9.47 Å². The molecular weight excluding hydrogens is 368 g/mol. The molecule has 1 atom stereocenters. The molecule has 0 radical (unpaired) electrons. The third-order valence-corrected chi connectivity index (χ3v) is 5.40. The Labute approximate surface area is 171 Å². The van der Waals surface area contributed by atoms with Crippen LogP contribution in [-0.4, -0.2) is 32.6 Å². The second-order valence-corrected chi connectivity index (χ2v) is 7.09. The van der Waals surface area contributed by atoms with Crippen LogP contribution in [0.5, 0.6) is 11.5 Å². The Hall–Kier alpha value is -3.02. The summed E-state index contributed by atoms with van der Waals surface area (Å²) >= 11 is 0. The molecule has 6 heteroatoms. The number of hydrogen-bond acceptors (Lipinski definition) is 4. The number of para-hydroxylation sites is 1. The first kappa shape index (κ1) is 20.7. The molecule has 0 saturated carbocycles. The number of benzene rings is 2. The summed E-state index contributed by atoms with van der Waals surface area (Å²) in [5.41, 5.74) is 3.77. The van der Waals surface area contributed by atoms with Crippen LogP contribution in [0.15, 0.2) is 36.4 Å². The minimum atomic E-state index is -0.423. The van der Waals surface area contributed by atoms with Crippen LogP contribution in [0.1, 0.15) is 31.4 Å². The van der Waals surface area contributed by atoms with E-state index < -0.39 is 5.92 Å². The van der Waals surface area contributed by atoms with Crippen LogP contribution in [-0.2, 0) is 22.4 Å². The maximum atomic E-state index is 12.9. The minimum absolute atomic E-state index is 0.0154. The second-order valence-electron chi connectivity index (χ2n) is 7.09. The molecule has 1 aliphatic rings. The lowest BCUT2D eigenvalue weighted by Gasteiger charge is -2.23. The summed E-state index contributed by atoms with van der Waals surface area (Å²) in [6, 6.07) is 11.4. The topological polar surface area (TPSA) is 67.9 Å². The normalized spacial score (nSPS) is 16.1. The van der Waals surface area contributed by atoms with Gasteiger partial charge in [0.15, 0.2) is 0 Å². The van der Waals surface area contributed by atoms with Crippen molar-refractivity contribution in [1.82, 2.24) is 0 Å². The molecule has 1 heterocycles. The van der Waals surface area contributed by atoms with Gasteiger partial charge in [0.25, 0.3) is 0 Å². The molecule has 0 aromatic heterocycles. The molecule has 6 nitrogen and oxygen atoms in total. The molecule has 2 aromatic carbocycles. The zero-order chi connectivity index (χ0) is 21.0. The predicted octanol–water partition coefficient (Wildman–Crippen LogP) is 3.82. The van der Waals surface area contributed by atoms with Gasteiger partial charge in [-0.05, 0) is 36.1 Å². The van der Waals surface area contributed by atoms with Gasteiger partial charge < -0.3 is 19.7 Å². The van der Waals surface area contributed by atoms with Gasteiger partial charge in [0.2, 0.25) is 11.8 Å². The number of amides is 2. The predicted molar refractivity (Wildman–Crippen MR) is 114 cm³/mol. The number of carbonyl (C=O) groups excluding carboxylic acids is 2. The van der Waals surface area contributed by atoms with Crippen molar-refractivity contribution < 1.29 is 19.1 Å². The average molecular weight is 396 g/mol. The number of carbonyl (C=O) groups is 2. The molecular formula is C23H28N2O4. The van der Waals surface area contributed by atoms with Crippen molar-refractivity contribution in [3.05, 3.63) is 47.5 Å². The number of ether oxygens (including phenoxy) is 2. The van der Waals surface area contributed by atoms with Crippen molar-refractivity contribution in [2.24, 2.45) is 5.92 Å². The zero-order valence-electron chi connectivity index (χ0n) is 17.5. The summed E-state index contributed by atoms with van der Waals surface area (Å²) in [7, 11) is 3.11. The molecule has 2 aromatic rings. The fourth-order valence-corrected chi connectivity index (χ4v) is 3.81. The first-order chi connectivity index (χ1) is 14.0. The third-order valence-electron chi connectivity index (χ3n) is 5.40. The quantitative estimate of drug-likeness (QED) is 0.773. The highest BCUT2D eigenvalue weighted by Gasteiger charge is 2.36. The SMILES string of the molecule is CCc1cccc(CC)c1N1C[C@@H](C(=O)Nc2cc(OC)ccc2OC)CC1=O. The van der Waals surface area contributed by atoms with Crippen molar-refractivity contribution in [1.29, 1.82) is 0 Å². The highest BCUT2D eigenvalue weighted by Crippen LogP contribution is 2.34. The van der Waals surface area contributed by atoms with Gasteiger partial charge in [-0.3, -0.25) is 9.59 Å². The van der Waals surface area contributed by atoms with Crippen LogP contribution in [0.2, 0.25) is 0 Å². The zero-order valence-corrected chi connectivity index (χ0v) is 17.5. The third kappa shape index (κ3) is 4.21. The Morgan fingerprint density at radius 2 is 1.79 bits per heavy atom. The maximum absolute atomic E-state index is 12.9. The summed E-state index contributed by atoms with van der Waals surface area (Å²) in [5, 5.41) is 2.91. The molecule has 154 valence electrons. The summed E-state index contributed by atoms with van der Waals surface area (Å²) in [5.74, 6) is 0.533. The second kappa shape index (κ2) is 8.99. The number of nitrogens with zero attached hydrogens (tertiary/aromatic N) is 1. The number of hydrogen-bond donors (Lipinski definition) is 1. The average Bonchev–Trinajstić information content (AvgIpc) is 3.14. The van der Waals surface area contributed by atoms with E-state index in [2.05, 4.69) is 31.3 Å². The first-order valence-corrected chi connectivity index (χ1v) is 9.96. The molecule has 0 aliphatic carbocycles. The molecule has 0 spiro atoms. The van der Waals surface area contributed by atoms with Gasteiger partial charge in [0.1, 0.15) is 11.5 Å². The number of nitrogens with one attached hydrogen (secondary N) is 1. The fourth-order valence-electron chi connectivity index (χ4n) is 3.81. The van der Waals surface area contributed by atoms with E-state index in [9.17, 15) is 9.59 Å². The van der Waals surface area contributed by atoms with Gasteiger partial charge in [-0.15, -0.1) is 0 Å². The van der Waals surface area contributed by atoms with Crippen molar-refractivity contribution in [3.63, 3.8) is 0 Å². The fraction of sp³-hybridized carbons (Fsp3) is 0.391. The largest absolute Gasteiger partial charge is 0.497 e. The number of rotatable bonds is 7. The molecule has 1 saturated heterocycles. The van der Waals surface area contributed by atoms with Crippen LogP contribution in [0.3, 0.4) is 0 Å². The Morgan fingerprint density at radius 1 is 1.10 bits per heavy atom. The Bertz CT molecular complexity index is 887. The highest BCUT2D eigenvalue weighted by atomic mass is 16.5. The lowest BCUT2D eigenvalue weighted by atomic mass is 10.0. The number of aryl methyl sites for hydroxylation is 2. The van der Waals surface area contributed by atoms with Crippen molar-refractivity contribution in [2.75, 3.05) is 31.0 Å². The van der Waals surface area contributed by atoms with Gasteiger partial charge in [0, 0.05) is 24.7 Å². The molecule has 3 rings (SSSR count). The summed E-state index contributed by atoms with van der Waals surface area (Å²) in [6.07, 6.45) is 1.87. The van der Waals surface area contributed by atoms with Gasteiger partial charge in [-0.2, -0.15) is 0 Å². The summed E-state index contributed by atoms with van der Waals surface area (Å²) in [6.45, 7) is 4.54. The molecule has 1 aliphatic heterocycles. The molecule has 29 heavy (non-hydrogen) atoms. The van der Waals surface area contributed by atoms with E-state index in [1.165, 1.54) is 0 Å². The van der Waals surface area contributed by atoms with Gasteiger partial charge in [0.05, 0.1) is 25.8 Å². The number of anilines is 2. The van der Waals surface area contributed by atoms with Crippen LogP contribution in [0.4, 0.5) is 11.4 Å². The van der Waals surface area contributed by atoms with Gasteiger partial charge in [-0.1, -0.05) is 32.0 Å². The first-order valence-electron chi connectivity index (χ1n) is 9.96. The number of methoxy groups -OCH3 is 2. The van der Waals surface area contributed by atoms with Crippen molar-refractivity contribution in [3.8, 4) is 11.5 Å². The smallest absolute Gasteiger partial charge is 0.229 e. The Morgan fingerprint density at radius 3 is 2.38 bits per heavy atom. The van der Waals surface area contributed by atoms with Gasteiger partial charge >= 0.3 is 0 Å². The molecule has 1 fully saturated rings. The lowest BCUT2D eigenvalue weighted by Crippen LogP contribution is -2.29. The molecule has 1 N–H and O–H groups in total. The standard InChI is InChI=1S/C23H28N2O4/c1-5-15-8-7-9-16(6-2)22(15)25-14-17(12-21(25)26)23(27)24-19-13-18(28-3)10-11-20(19)29-4/h7-11,13,17H,5-6,12,14H2,1-4H3,(H,24,27)/t17-/m0/s1. The van der Waals surface area contributed by atoms with Crippen LogP contribution >= 0.6 is 0 Å². The van der Waals surface area contributed by atoms with Crippen molar-refractivity contribution >= 4 is 23.2 Å². The van der Waals surface area contributed by atoms with E-state index in [1.54, 1.807) is 37.3 Å². The highest BCUT2D eigenvalue weighted by molar-refractivity contribution is 6.04. The monoisotopic (exact) mass is 396 g/mol. The van der Waals surface area contributed by atoms with E-state index in [-0.39, 0.29) is 18.2 Å². The van der Waals surface area contributed by atoms with E-state index in [1.807, 2.05) is 6.07 Å². The van der Waals surface area contributed by atoms with Gasteiger partial charge in [-0.25, -0.2) is 0 Å². The van der Waals surface area contributed by atoms with Crippen LogP contribution in [0, 0.1) is 5.92 Å². The molecule has 0 unspecified atom stereocenters. The summed E-state index contributed by atoms with van der Waals surface area (Å²) in [4.78, 5) is 27.5. The van der Waals surface area contributed by atoms with Crippen molar-refractivity contribution in [2.45, 2.75) is 33.1 Å². The summed E-state index contributed by atoms with van der Waals surface area (Å²) < 4.78 is 10.6. The maximum Gasteiger partial charge on any atom is 0.229 e. The molecule has 2 amide bonds.